The molecule has 0 saturated heterocycles. The molecule has 1 aromatic carbocycles. The number of methoxy groups -OCH3 is 3. The molecule has 0 fully saturated rings. The van der Waals surface area contributed by atoms with E-state index in [0.717, 1.165) is 0 Å². The fourth-order valence-electron chi connectivity index (χ4n) is 2.15. The summed E-state index contributed by atoms with van der Waals surface area (Å²) in [6, 6.07) is 3.29. The van der Waals surface area contributed by atoms with Crippen LogP contribution in [-0.4, -0.2) is 36.2 Å². The van der Waals surface area contributed by atoms with Gasteiger partial charge in [0, 0.05) is 7.05 Å². The molecule has 2 aromatic rings. The van der Waals surface area contributed by atoms with Gasteiger partial charge in [-0.1, -0.05) is 11.6 Å². The van der Waals surface area contributed by atoms with Crippen molar-refractivity contribution in [1.29, 1.82) is 0 Å². The van der Waals surface area contributed by atoms with Crippen molar-refractivity contribution in [2.45, 2.75) is 6.10 Å². The highest BCUT2D eigenvalue weighted by molar-refractivity contribution is 6.32. The summed E-state index contributed by atoms with van der Waals surface area (Å²) in [6.45, 7) is 0. The van der Waals surface area contributed by atoms with Gasteiger partial charge >= 0.3 is 0 Å². The standard InChI is InChI=1S/C14H17ClN2O4/c1-17-12(11(20-3)7-16-17)13(18)8-5-9(15)14(21-4)10(6-8)19-2/h5-7,13,18H,1-4H3. The Kier molecular flexibility index (Phi) is 4.59. The molecule has 0 radical (unpaired) electrons. The van der Waals surface area contributed by atoms with E-state index in [1.807, 2.05) is 0 Å². The number of halogens is 1. The molecule has 1 unspecified atom stereocenters. The van der Waals surface area contributed by atoms with Gasteiger partial charge in [-0.25, -0.2) is 0 Å². The van der Waals surface area contributed by atoms with E-state index in [2.05, 4.69) is 5.10 Å². The number of ether oxygens (including phenoxy) is 3. The van der Waals surface area contributed by atoms with E-state index in [1.54, 1.807) is 30.1 Å². The van der Waals surface area contributed by atoms with Crippen LogP contribution < -0.4 is 14.2 Å². The van der Waals surface area contributed by atoms with Crippen molar-refractivity contribution < 1.29 is 19.3 Å². The molecule has 1 heterocycles. The van der Waals surface area contributed by atoms with Crippen LogP contribution in [0.25, 0.3) is 0 Å². The number of hydrogen-bond acceptors (Lipinski definition) is 5. The van der Waals surface area contributed by atoms with Gasteiger partial charge in [0.05, 0.1) is 32.5 Å². The number of aromatic nitrogens is 2. The number of aliphatic hydroxyl groups excluding tert-OH is 1. The lowest BCUT2D eigenvalue weighted by molar-refractivity contribution is 0.203. The van der Waals surface area contributed by atoms with E-state index in [1.165, 1.54) is 21.3 Å². The van der Waals surface area contributed by atoms with Crippen molar-refractivity contribution in [1.82, 2.24) is 9.78 Å². The van der Waals surface area contributed by atoms with Crippen molar-refractivity contribution in [2.75, 3.05) is 21.3 Å². The average Bonchev–Trinajstić information content (AvgIpc) is 2.86. The Morgan fingerprint density at radius 1 is 1.14 bits per heavy atom. The summed E-state index contributed by atoms with van der Waals surface area (Å²) in [5, 5.41) is 15.0. The first-order valence-corrected chi connectivity index (χ1v) is 6.56. The van der Waals surface area contributed by atoms with Gasteiger partial charge in [0.2, 0.25) is 0 Å². The molecule has 1 aromatic heterocycles. The van der Waals surface area contributed by atoms with E-state index < -0.39 is 6.10 Å². The lowest BCUT2D eigenvalue weighted by Gasteiger charge is -2.16. The minimum absolute atomic E-state index is 0.354. The molecule has 6 nitrogen and oxygen atoms in total. The lowest BCUT2D eigenvalue weighted by atomic mass is 10.1. The summed E-state index contributed by atoms with van der Waals surface area (Å²) in [4.78, 5) is 0. The molecule has 21 heavy (non-hydrogen) atoms. The molecule has 0 amide bonds. The highest BCUT2D eigenvalue weighted by Gasteiger charge is 2.23. The molecule has 0 bridgehead atoms. The molecule has 0 aliphatic heterocycles. The maximum Gasteiger partial charge on any atom is 0.179 e. The first kappa shape index (κ1) is 15.5. The third kappa shape index (κ3) is 2.77. The Hall–Kier alpha value is -1.92. The van der Waals surface area contributed by atoms with Crippen LogP contribution in [-0.2, 0) is 7.05 Å². The summed E-state index contributed by atoms with van der Waals surface area (Å²) in [5.74, 6) is 1.36. The maximum atomic E-state index is 10.6. The smallest absolute Gasteiger partial charge is 0.179 e. The van der Waals surface area contributed by atoms with Crippen LogP contribution >= 0.6 is 11.6 Å². The summed E-state index contributed by atoms with van der Waals surface area (Å²) in [5.41, 5.74) is 1.08. The van der Waals surface area contributed by atoms with Gasteiger partial charge in [-0.05, 0) is 17.7 Å². The molecule has 0 saturated carbocycles. The van der Waals surface area contributed by atoms with Crippen LogP contribution in [0.3, 0.4) is 0 Å². The lowest BCUT2D eigenvalue weighted by Crippen LogP contribution is -2.08. The van der Waals surface area contributed by atoms with Crippen LogP contribution in [0.4, 0.5) is 0 Å². The monoisotopic (exact) mass is 312 g/mol. The van der Waals surface area contributed by atoms with Crippen molar-refractivity contribution in [3.63, 3.8) is 0 Å². The Bertz CT molecular complexity index is 642. The van der Waals surface area contributed by atoms with Crippen LogP contribution in [0.2, 0.25) is 5.02 Å². The number of benzene rings is 1. The first-order chi connectivity index (χ1) is 10.0. The molecule has 7 heteroatoms. The summed E-state index contributed by atoms with van der Waals surface area (Å²) < 4.78 is 17.2. The van der Waals surface area contributed by atoms with Crippen molar-refractivity contribution in [2.24, 2.45) is 7.05 Å². The number of rotatable bonds is 5. The van der Waals surface area contributed by atoms with Gasteiger partial charge in [-0.3, -0.25) is 4.68 Å². The Balaban J connectivity index is 2.51. The summed E-state index contributed by atoms with van der Waals surface area (Å²) in [6.07, 6.45) is 0.589. The average molecular weight is 313 g/mol. The van der Waals surface area contributed by atoms with Gasteiger partial charge in [0.1, 0.15) is 11.8 Å². The van der Waals surface area contributed by atoms with E-state index in [9.17, 15) is 5.11 Å². The van der Waals surface area contributed by atoms with Crippen LogP contribution in [0.5, 0.6) is 17.2 Å². The Labute approximate surface area is 127 Å². The third-order valence-electron chi connectivity index (χ3n) is 3.20. The number of hydrogen-bond donors (Lipinski definition) is 1. The van der Waals surface area contributed by atoms with Crippen molar-refractivity contribution >= 4 is 11.6 Å². The van der Waals surface area contributed by atoms with Crippen LogP contribution in [0.15, 0.2) is 18.3 Å². The predicted octanol–water partition coefficient (Wildman–Crippen LogP) is 2.18. The largest absolute Gasteiger partial charge is 0.493 e. The highest BCUT2D eigenvalue weighted by Crippen LogP contribution is 2.39. The number of aliphatic hydroxyl groups is 1. The molecular weight excluding hydrogens is 296 g/mol. The van der Waals surface area contributed by atoms with Gasteiger partial charge < -0.3 is 19.3 Å². The predicted molar refractivity (Wildman–Crippen MR) is 78.4 cm³/mol. The minimum Gasteiger partial charge on any atom is -0.493 e. The number of aryl methyl sites for hydroxylation is 1. The molecule has 0 aliphatic carbocycles. The molecule has 2 rings (SSSR count). The van der Waals surface area contributed by atoms with E-state index in [0.29, 0.717) is 33.5 Å². The van der Waals surface area contributed by atoms with E-state index in [4.69, 9.17) is 25.8 Å². The van der Waals surface area contributed by atoms with E-state index in [-0.39, 0.29) is 0 Å². The zero-order valence-corrected chi connectivity index (χ0v) is 13.0. The van der Waals surface area contributed by atoms with Crippen LogP contribution in [0.1, 0.15) is 17.4 Å². The minimum atomic E-state index is -0.954. The molecule has 0 spiro atoms. The van der Waals surface area contributed by atoms with Crippen molar-refractivity contribution in [3.05, 3.63) is 34.6 Å². The van der Waals surface area contributed by atoms with Crippen molar-refractivity contribution in [3.8, 4) is 17.2 Å². The zero-order chi connectivity index (χ0) is 15.6. The van der Waals surface area contributed by atoms with Gasteiger partial charge in [0.25, 0.3) is 0 Å². The normalized spacial score (nSPS) is 12.1. The molecule has 114 valence electrons. The third-order valence-corrected chi connectivity index (χ3v) is 3.48. The summed E-state index contributed by atoms with van der Waals surface area (Å²) in [7, 11) is 6.26. The van der Waals surface area contributed by atoms with E-state index >= 15 is 0 Å². The molecule has 0 aliphatic rings. The second-order valence-corrected chi connectivity index (χ2v) is 4.77. The fourth-order valence-corrected chi connectivity index (χ4v) is 2.45. The SMILES string of the molecule is COc1cc(C(O)c2c(OC)cnn2C)cc(Cl)c1OC. The number of nitrogens with zero attached hydrogens (tertiary/aromatic N) is 2. The maximum absolute atomic E-state index is 10.6. The van der Waals surface area contributed by atoms with Crippen LogP contribution in [0, 0.1) is 0 Å². The summed E-state index contributed by atoms with van der Waals surface area (Å²) >= 11 is 6.16. The zero-order valence-electron chi connectivity index (χ0n) is 12.3. The Morgan fingerprint density at radius 3 is 2.38 bits per heavy atom. The van der Waals surface area contributed by atoms with Gasteiger partial charge in [0.15, 0.2) is 17.2 Å². The molecular formula is C14H17ClN2O4. The first-order valence-electron chi connectivity index (χ1n) is 6.18. The molecule has 1 atom stereocenters. The highest BCUT2D eigenvalue weighted by atomic mass is 35.5. The second-order valence-electron chi connectivity index (χ2n) is 4.36. The topological polar surface area (TPSA) is 65.7 Å². The molecule has 1 N–H and O–H groups in total. The fraction of sp³-hybridized carbons (Fsp3) is 0.357. The quantitative estimate of drug-likeness (QED) is 0.916. The Morgan fingerprint density at radius 2 is 1.81 bits per heavy atom. The second kappa shape index (κ2) is 6.24. The van der Waals surface area contributed by atoms with Gasteiger partial charge in [-0.2, -0.15) is 5.10 Å². The van der Waals surface area contributed by atoms with Gasteiger partial charge in [-0.15, -0.1) is 0 Å².